The molecule has 114 valence electrons. The first-order valence-corrected chi connectivity index (χ1v) is 6.80. The summed E-state index contributed by atoms with van der Waals surface area (Å²) in [5.41, 5.74) is 3.05. The summed E-state index contributed by atoms with van der Waals surface area (Å²) < 4.78 is 28.7. The van der Waals surface area contributed by atoms with Gasteiger partial charge >= 0.3 is 0 Å². The minimum Gasteiger partial charge on any atom is -0.375 e. The van der Waals surface area contributed by atoms with E-state index in [4.69, 9.17) is 4.74 Å². The van der Waals surface area contributed by atoms with Gasteiger partial charge in [0.05, 0.1) is 6.61 Å². The van der Waals surface area contributed by atoms with E-state index in [1.165, 1.54) is 0 Å². The fraction of sp³-hybridized carbons (Fsp3) is 0.714. The zero-order valence-corrected chi connectivity index (χ0v) is 12.5. The van der Waals surface area contributed by atoms with Gasteiger partial charge in [0.1, 0.15) is 12.4 Å². The molecular formula is C14H23F2N3O. The Morgan fingerprint density at radius 2 is 1.80 bits per heavy atom. The molecule has 0 saturated carbocycles. The molecule has 1 rings (SSSR count). The van der Waals surface area contributed by atoms with Crippen LogP contribution in [0.2, 0.25) is 0 Å². The highest BCUT2D eigenvalue weighted by Gasteiger charge is 2.14. The number of ether oxygens (including phenoxy) is 1. The van der Waals surface area contributed by atoms with Gasteiger partial charge in [0.2, 0.25) is 0 Å². The predicted octanol–water partition coefficient (Wildman–Crippen LogP) is 2.24. The van der Waals surface area contributed by atoms with Gasteiger partial charge in [0.25, 0.3) is 6.43 Å². The van der Waals surface area contributed by atoms with Gasteiger partial charge in [-0.1, -0.05) is 6.92 Å². The summed E-state index contributed by atoms with van der Waals surface area (Å²) in [7, 11) is 1.91. The zero-order chi connectivity index (χ0) is 15.1. The molecule has 0 aliphatic carbocycles. The summed E-state index contributed by atoms with van der Waals surface area (Å²) in [6.07, 6.45) is -1.97. The number of nitrogens with one attached hydrogen (secondary N) is 1. The maximum absolute atomic E-state index is 11.9. The molecule has 1 aromatic rings. The van der Waals surface area contributed by atoms with E-state index in [0.717, 1.165) is 23.5 Å². The molecule has 6 heteroatoms. The second-order valence-electron chi connectivity index (χ2n) is 4.90. The lowest BCUT2D eigenvalue weighted by Gasteiger charge is -2.17. The molecule has 1 unspecified atom stereocenters. The van der Waals surface area contributed by atoms with E-state index in [1.807, 2.05) is 20.9 Å². The first-order valence-electron chi connectivity index (χ1n) is 6.80. The second kappa shape index (κ2) is 8.21. The highest BCUT2D eigenvalue weighted by Crippen LogP contribution is 2.20. The van der Waals surface area contributed by atoms with Crippen LogP contribution in [0, 0.1) is 13.8 Å². The number of aryl methyl sites for hydroxylation is 2. The summed E-state index contributed by atoms with van der Waals surface area (Å²) in [6, 6.07) is 0. The Bertz CT molecular complexity index is 404. The topological polar surface area (TPSA) is 47.0 Å². The Morgan fingerprint density at radius 3 is 2.30 bits per heavy atom. The lowest BCUT2D eigenvalue weighted by molar-refractivity contribution is 0.0182. The summed E-state index contributed by atoms with van der Waals surface area (Å²) in [4.78, 5) is 8.90. The van der Waals surface area contributed by atoms with Crippen molar-refractivity contribution in [2.75, 3.05) is 26.8 Å². The maximum Gasteiger partial charge on any atom is 0.261 e. The van der Waals surface area contributed by atoms with Crippen LogP contribution in [0.15, 0.2) is 0 Å². The maximum atomic E-state index is 11.9. The molecule has 0 aliphatic heterocycles. The quantitative estimate of drug-likeness (QED) is 0.745. The van der Waals surface area contributed by atoms with Gasteiger partial charge < -0.3 is 10.1 Å². The lowest BCUT2D eigenvalue weighted by Crippen LogP contribution is -2.18. The fourth-order valence-electron chi connectivity index (χ4n) is 2.36. The molecular weight excluding hydrogens is 264 g/mol. The molecule has 0 fully saturated rings. The molecule has 0 radical (unpaired) electrons. The van der Waals surface area contributed by atoms with E-state index in [0.29, 0.717) is 18.2 Å². The summed E-state index contributed by atoms with van der Waals surface area (Å²) >= 11 is 0. The molecule has 0 bridgehead atoms. The first-order chi connectivity index (χ1) is 9.45. The van der Waals surface area contributed by atoms with E-state index in [-0.39, 0.29) is 6.61 Å². The standard InChI is InChI=1S/C14H23F2N3O/c1-9(7-17-4)14-10(2)18-13(19-11(14)3)5-6-20-8-12(15)16/h9,12,17H,5-8H2,1-4H3. The van der Waals surface area contributed by atoms with Gasteiger partial charge in [-0.25, -0.2) is 18.7 Å². The smallest absolute Gasteiger partial charge is 0.261 e. The highest BCUT2D eigenvalue weighted by atomic mass is 19.3. The van der Waals surface area contributed by atoms with E-state index in [1.54, 1.807) is 0 Å². The molecule has 1 N–H and O–H groups in total. The Hall–Kier alpha value is -1.14. The molecule has 0 spiro atoms. The van der Waals surface area contributed by atoms with Crippen molar-refractivity contribution in [3.8, 4) is 0 Å². The average molecular weight is 287 g/mol. The van der Waals surface area contributed by atoms with Crippen LogP contribution in [0.4, 0.5) is 8.78 Å². The van der Waals surface area contributed by atoms with Crippen molar-refractivity contribution in [3.05, 3.63) is 22.8 Å². The largest absolute Gasteiger partial charge is 0.375 e. The molecule has 0 amide bonds. The van der Waals surface area contributed by atoms with Crippen LogP contribution in [0.3, 0.4) is 0 Å². The Labute approximate surface area is 119 Å². The van der Waals surface area contributed by atoms with Gasteiger partial charge in [0.15, 0.2) is 0 Å². The summed E-state index contributed by atoms with van der Waals surface area (Å²) in [6.45, 7) is 6.59. The number of aromatic nitrogens is 2. The Balaban J connectivity index is 2.68. The van der Waals surface area contributed by atoms with E-state index < -0.39 is 13.0 Å². The van der Waals surface area contributed by atoms with Crippen molar-refractivity contribution in [1.82, 2.24) is 15.3 Å². The second-order valence-corrected chi connectivity index (χ2v) is 4.90. The predicted molar refractivity (Wildman–Crippen MR) is 74.4 cm³/mol. The SMILES string of the molecule is CNCC(C)c1c(C)nc(CCOCC(F)F)nc1C. The molecule has 4 nitrogen and oxygen atoms in total. The van der Waals surface area contributed by atoms with Crippen LogP contribution < -0.4 is 5.32 Å². The van der Waals surface area contributed by atoms with Crippen molar-refractivity contribution >= 4 is 0 Å². The minimum atomic E-state index is -2.43. The highest BCUT2D eigenvalue weighted by molar-refractivity contribution is 5.28. The molecule has 0 aliphatic rings. The minimum absolute atomic E-state index is 0.217. The Morgan fingerprint density at radius 1 is 1.20 bits per heavy atom. The number of hydrogen-bond acceptors (Lipinski definition) is 4. The molecule has 1 heterocycles. The van der Waals surface area contributed by atoms with Crippen LogP contribution in [-0.2, 0) is 11.2 Å². The number of hydrogen-bond donors (Lipinski definition) is 1. The lowest BCUT2D eigenvalue weighted by atomic mass is 9.98. The number of rotatable bonds is 8. The van der Waals surface area contributed by atoms with E-state index in [9.17, 15) is 8.78 Å². The van der Waals surface area contributed by atoms with Gasteiger partial charge in [-0.15, -0.1) is 0 Å². The van der Waals surface area contributed by atoms with Gasteiger partial charge in [-0.05, 0) is 32.4 Å². The van der Waals surface area contributed by atoms with Crippen LogP contribution in [0.5, 0.6) is 0 Å². The molecule has 1 atom stereocenters. The van der Waals surface area contributed by atoms with Crippen LogP contribution in [0.25, 0.3) is 0 Å². The molecule has 1 aromatic heterocycles. The van der Waals surface area contributed by atoms with Crippen LogP contribution in [-0.4, -0.2) is 43.2 Å². The number of likely N-dealkylation sites (N-methyl/N-ethyl adjacent to an activating group) is 1. The number of nitrogens with zero attached hydrogens (tertiary/aromatic N) is 2. The number of alkyl halides is 2. The summed E-state index contributed by atoms with van der Waals surface area (Å²) in [5, 5.41) is 3.14. The molecule has 20 heavy (non-hydrogen) atoms. The first kappa shape index (κ1) is 16.9. The van der Waals surface area contributed by atoms with Crippen molar-refractivity contribution < 1.29 is 13.5 Å². The van der Waals surface area contributed by atoms with Crippen molar-refractivity contribution in [2.45, 2.75) is 39.5 Å². The van der Waals surface area contributed by atoms with Crippen molar-refractivity contribution in [3.63, 3.8) is 0 Å². The third-order valence-corrected chi connectivity index (χ3v) is 3.09. The normalized spacial score (nSPS) is 12.9. The third kappa shape index (κ3) is 5.09. The van der Waals surface area contributed by atoms with E-state index in [2.05, 4.69) is 22.2 Å². The molecule has 0 saturated heterocycles. The monoisotopic (exact) mass is 287 g/mol. The summed E-state index contributed by atoms with van der Waals surface area (Å²) in [5.74, 6) is 0.985. The van der Waals surface area contributed by atoms with Crippen molar-refractivity contribution in [2.24, 2.45) is 0 Å². The van der Waals surface area contributed by atoms with E-state index >= 15 is 0 Å². The van der Waals surface area contributed by atoms with Gasteiger partial charge in [-0.2, -0.15) is 0 Å². The van der Waals surface area contributed by atoms with Crippen LogP contribution >= 0.6 is 0 Å². The Kier molecular flexibility index (Phi) is 6.95. The van der Waals surface area contributed by atoms with Crippen molar-refractivity contribution in [1.29, 1.82) is 0 Å². The zero-order valence-electron chi connectivity index (χ0n) is 12.5. The fourth-order valence-corrected chi connectivity index (χ4v) is 2.36. The van der Waals surface area contributed by atoms with Gasteiger partial charge in [0, 0.05) is 24.4 Å². The third-order valence-electron chi connectivity index (χ3n) is 3.09. The molecule has 0 aromatic carbocycles. The number of halogens is 2. The van der Waals surface area contributed by atoms with Crippen LogP contribution in [0.1, 0.15) is 35.6 Å². The van der Waals surface area contributed by atoms with Gasteiger partial charge in [-0.3, -0.25) is 0 Å². The average Bonchev–Trinajstić information content (AvgIpc) is 2.34.